The van der Waals surface area contributed by atoms with Gasteiger partial charge in [-0.05, 0) is 31.2 Å². The number of rotatable bonds is 7. The van der Waals surface area contributed by atoms with Gasteiger partial charge in [-0.3, -0.25) is 9.78 Å². The monoisotopic (exact) mass is 368 g/mol. The molecule has 7 heteroatoms. The van der Waals surface area contributed by atoms with E-state index in [0.29, 0.717) is 5.75 Å². The van der Waals surface area contributed by atoms with Crippen LogP contribution in [0, 0.1) is 0 Å². The van der Waals surface area contributed by atoms with Crippen LogP contribution in [0.2, 0.25) is 0 Å². The molecule has 0 aliphatic rings. The van der Waals surface area contributed by atoms with Crippen LogP contribution in [0.15, 0.2) is 66.1 Å². The Morgan fingerprint density at radius 2 is 2.12 bits per heavy atom. The Balaban J connectivity index is 1.59. The zero-order valence-corrected chi connectivity index (χ0v) is 15.4. The minimum Gasteiger partial charge on any atom is -0.497 e. The number of nitrogens with zero attached hydrogens (tertiary/aromatic N) is 3. The maximum Gasteiger partial charge on any atom is 0.230 e. The second-order valence-electron chi connectivity index (χ2n) is 5.68. The highest BCUT2D eigenvalue weighted by Gasteiger charge is 2.12. The van der Waals surface area contributed by atoms with Crippen LogP contribution in [-0.2, 0) is 4.79 Å². The van der Waals surface area contributed by atoms with E-state index in [0.717, 1.165) is 21.9 Å². The molecule has 0 bridgehead atoms. The zero-order valence-electron chi connectivity index (χ0n) is 14.6. The molecule has 1 amide bonds. The Morgan fingerprint density at radius 1 is 1.31 bits per heavy atom. The molecule has 3 aromatic rings. The van der Waals surface area contributed by atoms with Crippen LogP contribution < -0.4 is 10.1 Å². The molecule has 0 spiro atoms. The van der Waals surface area contributed by atoms with Gasteiger partial charge in [0.2, 0.25) is 5.91 Å². The first-order valence-corrected chi connectivity index (χ1v) is 9.15. The third-order valence-electron chi connectivity index (χ3n) is 3.82. The summed E-state index contributed by atoms with van der Waals surface area (Å²) in [7, 11) is 1.63. The van der Waals surface area contributed by atoms with Crippen molar-refractivity contribution in [1.82, 2.24) is 20.1 Å². The molecule has 1 atom stereocenters. The van der Waals surface area contributed by atoms with Crippen molar-refractivity contribution in [3.05, 3.63) is 66.7 Å². The lowest BCUT2D eigenvalue weighted by molar-refractivity contribution is -0.119. The summed E-state index contributed by atoms with van der Waals surface area (Å²) in [5.41, 5.74) is 1.84. The first kappa shape index (κ1) is 18.0. The number of ether oxygens (including phenoxy) is 1. The average Bonchev–Trinajstić information content (AvgIpc) is 3.18. The zero-order chi connectivity index (χ0) is 18.4. The van der Waals surface area contributed by atoms with Crippen LogP contribution in [-0.4, -0.2) is 33.5 Å². The van der Waals surface area contributed by atoms with E-state index in [1.807, 2.05) is 49.5 Å². The second-order valence-corrected chi connectivity index (χ2v) is 6.73. The van der Waals surface area contributed by atoms with Gasteiger partial charge in [0, 0.05) is 35.1 Å². The fraction of sp³-hybridized carbons (Fsp3) is 0.211. The van der Waals surface area contributed by atoms with Crippen molar-refractivity contribution in [2.45, 2.75) is 17.9 Å². The summed E-state index contributed by atoms with van der Waals surface area (Å²) < 4.78 is 7.01. The van der Waals surface area contributed by atoms with E-state index in [1.54, 1.807) is 30.4 Å². The van der Waals surface area contributed by atoms with Crippen LogP contribution in [0.4, 0.5) is 0 Å². The smallest absolute Gasteiger partial charge is 0.230 e. The molecular weight excluding hydrogens is 348 g/mol. The highest BCUT2D eigenvalue weighted by molar-refractivity contribution is 8.00. The van der Waals surface area contributed by atoms with Crippen molar-refractivity contribution in [3.8, 4) is 11.4 Å². The number of carbonyl (C=O) groups is 1. The quantitative estimate of drug-likeness (QED) is 0.649. The Bertz CT molecular complexity index is 867. The molecule has 2 heterocycles. The summed E-state index contributed by atoms with van der Waals surface area (Å²) >= 11 is 1.49. The summed E-state index contributed by atoms with van der Waals surface area (Å²) in [6.07, 6.45) is 7.11. The second kappa shape index (κ2) is 8.53. The fourth-order valence-electron chi connectivity index (χ4n) is 2.40. The van der Waals surface area contributed by atoms with E-state index in [1.165, 1.54) is 11.8 Å². The highest BCUT2D eigenvalue weighted by Crippen LogP contribution is 2.19. The molecule has 1 aromatic carbocycles. The normalized spacial score (nSPS) is 11.8. The number of amides is 1. The molecule has 134 valence electrons. The highest BCUT2D eigenvalue weighted by atomic mass is 32.2. The number of benzene rings is 1. The van der Waals surface area contributed by atoms with E-state index in [2.05, 4.69) is 15.4 Å². The van der Waals surface area contributed by atoms with Crippen molar-refractivity contribution >= 4 is 17.7 Å². The molecular formula is C19H20N4O2S. The molecule has 6 nitrogen and oxygen atoms in total. The van der Waals surface area contributed by atoms with E-state index in [-0.39, 0.29) is 11.9 Å². The van der Waals surface area contributed by atoms with E-state index in [9.17, 15) is 4.79 Å². The number of hydrogen-bond donors (Lipinski definition) is 1. The molecule has 0 fully saturated rings. The van der Waals surface area contributed by atoms with E-state index < -0.39 is 0 Å². The Labute approximate surface area is 156 Å². The van der Waals surface area contributed by atoms with Gasteiger partial charge in [0.25, 0.3) is 0 Å². The maximum absolute atomic E-state index is 12.2. The Morgan fingerprint density at radius 3 is 2.88 bits per heavy atom. The van der Waals surface area contributed by atoms with Gasteiger partial charge in [-0.25, -0.2) is 4.68 Å². The number of aromatic nitrogens is 3. The van der Waals surface area contributed by atoms with Gasteiger partial charge in [0.15, 0.2) is 0 Å². The molecule has 26 heavy (non-hydrogen) atoms. The lowest BCUT2D eigenvalue weighted by Crippen LogP contribution is -2.27. The number of carbonyl (C=O) groups excluding carboxylic acids is 1. The molecule has 2 aromatic heterocycles. The van der Waals surface area contributed by atoms with Crippen molar-refractivity contribution in [2.75, 3.05) is 12.9 Å². The molecule has 0 aliphatic heterocycles. The van der Waals surface area contributed by atoms with Crippen LogP contribution in [0.25, 0.3) is 5.69 Å². The van der Waals surface area contributed by atoms with Crippen LogP contribution in [0.3, 0.4) is 0 Å². The number of pyridine rings is 1. The standard InChI is InChI=1S/C19H20N4O2S/c1-14(22-19(24)13-26-18-6-8-20-9-7-18)15-11-21-23(12-15)16-4-3-5-17(10-16)25-2/h3-12,14H,13H2,1-2H3,(H,22,24)/t14-/m0/s1. The van der Waals surface area contributed by atoms with Gasteiger partial charge >= 0.3 is 0 Å². The summed E-state index contributed by atoms with van der Waals surface area (Å²) in [5.74, 6) is 1.11. The fourth-order valence-corrected chi connectivity index (χ4v) is 3.10. The van der Waals surface area contributed by atoms with Gasteiger partial charge in [0.05, 0.1) is 30.8 Å². The van der Waals surface area contributed by atoms with Crippen LogP contribution >= 0.6 is 11.8 Å². The summed E-state index contributed by atoms with van der Waals surface area (Å²) in [4.78, 5) is 17.2. The van der Waals surface area contributed by atoms with Crippen molar-refractivity contribution in [2.24, 2.45) is 0 Å². The summed E-state index contributed by atoms with van der Waals surface area (Å²) in [6, 6.07) is 11.3. The van der Waals surface area contributed by atoms with Gasteiger partial charge in [-0.1, -0.05) is 6.07 Å². The summed E-state index contributed by atoms with van der Waals surface area (Å²) in [5, 5.41) is 7.38. The molecule has 0 aliphatic carbocycles. The lowest BCUT2D eigenvalue weighted by Gasteiger charge is -2.12. The predicted octanol–water partition coefficient (Wildman–Crippen LogP) is 3.25. The third-order valence-corrected chi connectivity index (χ3v) is 4.83. The predicted molar refractivity (Wildman–Crippen MR) is 102 cm³/mol. The molecule has 0 unspecified atom stereocenters. The van der Waals surface area contributed by atoms with E-state index in [4.69, 9.17) is 4.74 Å². The largest absolute Gasteiger partial charge is 0.497 e. The van der Waals surface area contributed by atoms with Gasteiger partial charge in [0.1, 0.15) is 5.75 Å². The maximum atomic E-state index is 12.2. The molecule has 0 radical (unpaired) electrons. The third kappa shape index (κ3) is 4.64. The van der Waals surface area contributed by atoms with Crippen LogP contribution in [0.1, 0.15) is 18.5 Å². The lowest BCUT2D eigenvalue weighted by atomic mass is 10.2. The SMILES string of the molecule is COc1cccc(-n2cc([C@H](C)NC(=O)CSc3ccncc3)cn2)c1. The molecule has 1 N–H and O–H groups in total. The minimum absolute atomic E-state index is 0.0200. The topological polar surface area (TPSA) is 69.0 Å². The van der Waals surface area contributed by atoms with Crippen molar-refractivity contribution < 1.29 is 9.53 Å². The molecule has 3 rings (SSSR count). The van der Waals surface area contributed by atoms with Crippen molar-refractivity contribution in [1.29, 1.82) is 0 Å². The van der Waals surface area contributed by atoms with E-state index >= 15 is 0 Å². The number of thioether (sulfide) groups is 1. The summed E-state index contributed by atoms with van der Waals surface area (Å²) in [6.45, 7) is 1.95. The first-order chi connectivity index (χ1) is 12.7. The van der Waals surface area contributed by atoms with Gasteiger partial charge in [-0.15, -0.1) is 11.8 Å². The van der Waals surface area contributed by atoms with Gasteiger partial charge in [-0.2, -0.15) is 5.10 Å². The number of nitrogens with one attached hydrogen (secondary N) is 1. The number of hydrogen-bond acceptors (Lipinski definition) is 5. The molecule has 0 saturated heterocycles. The Kier molecular flexibility index (Phi) is 5.91. The Hall–Kier alpha value is -2.80. The van der Waals surface area contributed by atoms with Crippen molar-refractivity contribution in [3.63, 3.8) is 0 Å². The molecule has 0 saturated carbocycles. The van der Waals surface area contributed by atoms with Gasteiger partial charge < -0.3 is 10.1 Å². The first-order valence-electron chi connectivity index (χ1n) is 8.17. The number of methoxy groups -OCH3 is 1. The minimum atomic E-state index is -0.125. The average molecular weight is 368 g/mol. The van der Waals surface area contributed by atoms with Crippen LogP contribution in [0.5, 0.6) is 5.75 Å².